The fourth-order valence-corrected chi connectivity index (χ4v) is 1.50. The van der Waals surface area contributed by atoms with Gasteiger partial charge in [-0.3, -0.25) is 4.79 Å². The van der Waals surface area contributed by atoms with E-state index in [1.54, 1.807) is 14.1 Å². The minimum Gasteiger partial charge on any atom is -0.351 e. The standard InChI is InChI=1S/C11H11BN2O/c1-14(2)11(15)10-5-7-3-4-8(12)6-9(7)13-10/h3-6,13H,1-2H3. The molecule has 0 fully saturated rings. The molecule has 1 amide bonds. The first-order valence-corrected chi connectivity index (χ1v) is 4.68. The second kappa shape index (κ2) is 3.46. The van der Waals surface area contributed by atoms with Gasteiger partial charge in [-0.05, 0) is 12.1 Å². The molecule has 0 saturated carbocycles. The molecule has 0 unspecified atom stereocenters. The van der Waals surface area contributed by atoms with Crippen molar-refractivity contribution in [2.45, 2.75) is 0 Å². The summed E-state index contributed by atoms with van der Waals surface area (Å²) in [6.07, 6.45) is 0. The van der Waals surface area contributed by atoms with E-state index in [-0.39, 0.29) is 5.91 Å². The van der Waals surface area contributed by atoms with Gasteiger partial charge in [-0.15, -0.1) is 0 Å². The smallest absolute Gasteiger partial charge is 0.269 e. The lowest BCUT2D eigenvalue weighted by molar-refractivity contribution is 0.0823. The van der Waals surface area contributed by atoms with E-state index in [9.17, 15) is 4.79 Å². The summed E-state index contributed by atoms with van der Waals surface area (Å²) in [4.78, 5) is 16.2. The number of hydrogen-bond donors (Lipinski definition) is 1. The van der Waals surface area contributed by atoms with Crippen LogP contribution in [0.15, 0.2) is 24.3 Å². The van der Waals surface area contributed by atoms with Crippen LogP contribution in [0.4, 0.5) is 0 Å². The molecule has 1 aromatic carbocycles. The van der Waals surface area contributed by atoms with Gasteiger partial charge in [0.25, 0.3) is 5.91 Å². The highest BCUT2D eigenvalue weighted by Crippen LogP contribution is 2.14. The van der Waals surface area contributed by atoms with Gasteiger partial charge in [0.05, 0.1) is 0 Å². The third-order valence-corrected chi connectivity index (χ3v) is 2.28. The first-order chi connectivity index (χ1) is 7.08. The van der Waals surface area contributed by atoms with Crippen LogP contribution in [0.25, 0.3) is 10.9 Å². The molecule has 2 aromatic rings. The zero-order valence-corrected chi connectivity index (χ0v) is 8.74. The van der Waals surface area contributed by atoms with E-state index in [0.717, 1.165) is 10.9 Å². The maximum Gasteiger partial charge on any atom is 0.269 e. The molecule has 1 aromatic heterocycles. The van der Waals surface area contributed by atoms with Crippen molar-refractivity contribution in [1.82, 2.24) is 9.88 Å². The average molecular weight is 198 g/mol. The van der Waals surface area contributed by atoms with E-state index >= 15 is 0 Å². The van der Waals surface area contributed by atoms with Crippen LogP contribution in [0, 0.1) is 0 Å². The Morgan fingerprint density at radius 1 is 1.33 bits per heavy atom. The Kier molecular flexibility index (Phi) is 2.27. The predicted molar refractivity (Wildman–Crippen MR) is 61.7 cm³/mol. The Morgan fingerprint density at radius 3 is 2.73 bits per heavy atom. The number of amides is 1. The molecule has 1 N–H and O–H groups in total. The lowest BCUT2D eigenvalue weighted by Crippen LogP contribution is -2.21. The van der Waals surface area contributed by atoms with E-state index in [1.165, 1.54) is 4.90 Å². The molecule has 0 aliphatic rings. The second-order valence-electron chi connectivity index (χ2n) is 3.73. The molecule has 3 nitrogen and oxygen atoms in total. The van der Waals surface area contributed by atoms with Gasteiger partial charge in [-0.2, -0.15) is 0 Å². The van der Waals surface area contributed by atoms with Gasteiger partial charge in [0, 0.05) is 25.0 Å². The maximum absolute atomic E-state index is 11.7. The van der Waals surface area contributed by atoms with Gasteiger partial charge in [0.1, 0.15) is 13.5 Å². The van der Waals surface area contributed by atoms with Gasteiger partial charge < -0.3 is 9.88 Å². The van der Waals surface area contributed by atoms with Crippen molar-refractivity contribution in [3.05, 3.63) is 30.0 Å². The van der Waals surface area contributed by atoms with Gasteiger partial charge in [0.2, 0.25) is 0 Å². The van der Waals surface area contributed by atoms with E-state index in [4.69, 9.17) is 7.85 Å². The summed E-state index contributed by atoms with van der Waals surface area (Å²) >= 11 is 0. The molecule has 0 spiro atoms. The van der Waals surface area contributed by atoms with Crippen LogP contribution in [0.5, 0.6) is 0 Å². The third kappa shape index (κ3) is 1.75. The predicted octanol–water partition coefficient (Wildman–Crippen LogP) is 0.663. The zero-order valence-electron chi connectivity index (χ0n) is 8.74. The van der Waals surface area contributed by atoms with E-state index in [1.807, 2.05) is 24.3 Å². The van der Waals surface area contributed by atoms with Crippen molar-refractivity contribution in [3.63, 3.8) is 0 Å². The fourth-order valence-electron chi connectivity index (χ4n) is 1.50. The molecule has 0 aliphatic carbocycles. The Morgan fingerprint density at radius 2 is 2.07 bits per heavy atom. The fraction of sp³-hybridized carbons (Fsp3) is 0.182. The number of hydrogen-bond acceptors (Lipinski definition) is 1. The number of carbonyl (C=O) groups excluding carboxylic acids is 1. The molecule has 0 atom stereocenters. The highest BCUT2D eigenvalue weighted by atomic mass is 16.2. The van der Waals surface area contributed by atoms with Crippen LogP contribution >= 0.6 is 0 Å². The SMILES string of the molecule is [B]c1ccc2cc(C(=O)N(C)C)[nH]c2c1. The number of nitrogens with zero attached hydrogens (tertiary/aromatic N) is 1. The van der Waals surface area contributed by atoms with Crippen molar-refractivity contribution in [2.75, 3.05) is 14.1 Å². The largest absolute Gasteiger partial charge is 0.351 e. The lowest BCUT2D eigenvalue weighted by Gasteiger charge is -2.07. The molecule has 0 saturated heterocycles. The zero-order chi connectivity index (χ0) is 11.0. The van der Waals surface area contributed by atoms with Crippen molar-refractivity contribution < 1.29 is 4.79 Å². The number of rotatable bonds is 1. The minimum atomic E-state index is -0.0372. The highest BCUT2D eigenvalue weighted by Gasteiger charge is 2.10. The quantitative estimate of drug-likeness (QED) is 0.671. The molecule has 74 valence electrons. The Balaban J connectivity index is 2.52. The molecular formula is C11H11BN2O. The second-order valence-corrected chi connectivity index (χ2v) is 3.73. The van der Waals surface area contributed by atoms with Crippen LogP contribution in [0.2, 0.25) is 0 Å². The van der Waals surface area contributed by atoms with E-state index in [0.29, 0.717) is 11.2 Å². The highest BCUT2D eigenvalue weighted by molar-refractivity contribution is 6.33. The molecule has 0 aliphatic heterocycles. The van der Waals surface area contributed by atoms with Crippen LogP contribution in [0.1, 0.15) is 10.5 Å². The third-order valence-electron chi connectivity index (χ3n) is 2.28. The van der Waals surface area contributed by atoms with Gasteiger partial charge in [-0.1, -0.05) is 17.6 Å². The average Bonchev–Trinajstić information content (AvgIpc) is 2.58. The van der Waals surface area contributed by atoms with Crippen molar-refractivity contribution in [3.8, 4) is 0 Å². The first kappa shape index (κ1) is 9.83. The summed E-state index contributed by atoms with van der Waals surface area (Å²) in [5.41, 5.74) is 2.16. The summed E-state index contributed by atoms with van der Waals surface area (Å²) in [5.74, 6) is -0.0372. The van der Waals surface area contributed by atoms with Gasteiger partial charge >= 0.3 is 0 Å². The number of fused-ring (bicyclic) bond motifs is 1. The topological polar surface area (TPSA) is 36.1 Å². The van der Waals surface area contributed by atoms with E-state index < -0.39 is 0 Å². The molecule has 2 rings (SSSR count). The normalized spacial score (nSPS) is 10.5. The summed E-state index contributed by atoms with van der Waals surface area (Å²) in [7, 11) is 9.10. The minimum absolute atomic E-state index is 0.0372. The first-order valence-electron chi connectivity index (χ1n) is 4.68. The van der Waals surface area contributed by atoms with Crippen molar-refractivity contribution in [2.24, 2.45) is 0 Å². The van der Waals surface area contributed by atoms with Crippen LogP contribution in [-0.4, -0.2) is 37.7 Å². The Bertz CT molecular complexity index is 516. The van der Waals surface area contributed by atoms with Crippen molar-refractivity contribution in [1.29, 1.82) is 0 Å². The van der Waals surface area contributed by atoms with Crippen LogP contribution in [0.3, 0.4) is 0 Å². The van der Waals surface area contributed by atoms with Crippen LogP contribution in [-0.2, 0) is 0 Å². The number of aromatic nitrogens is 1. The monoisotopic (exact) mass is 198 g/mol. The molecule has 0 bridgehead atoms. The number of H-pyrrole nitrogens is 1. The summed E-state index contributed by atoms with van der Waals surface area (Å²) in [6.45, 7) is 0. The van der Waals surface area contributed by atoms with Crippen molar-refractivity contribution >= 4 is 30.1 Å². The number of carbonyl (C=O) groups is 1. The molecule has 4 heteroatoms. The number of aromatic amines is 1. The molecular weight excluding hydrogens is 187 g/mol. The number of benzene rings is 1. The lowest BCUT2D eigenvalue weighted by atomic mass is 9.96. The Labute approximate surface area is 89.5 Å². The summed E-state index contributed by atoms with van der Waals surface area (Å²) in [5, 5.41) is 0.995. The number of nitrogens with one attached hydrogen (secondary N) is 1. The maximum atomic E-state index is 11.7. The van der Waals surface area contributed by atoms with Gasteiger partial charge in [-0.25, -0.2) is 0 Å². The Hall–Kier alpha value is -1.71. The van der Waals surface area contributed by atoms with Crippen LogP contribution < -0.4 is 5.46 Å². The molecule has 1 heterocycles. The van der Waals surface area contributed by atoms with Gasteiger partial charge in [0.15, 0.2) is 0 Å². The summed E-state index contributed by atoms with van der Waals surface area (Å²) in [6, 6.07) is 7.37. The summed E-state index contributed by atoms with van der Waals surface area (Å²) < 4.78 is 0. The van der Waals surface area contributed by atoms with E-state index in [2.05, 4.69) is 4.98 Å². The molecule has 15 heavy (non-hydrogen) atoms. The molecule has 2 radical (unpaired) electrons.